The number of rotatable bonds is 10. The van der Waals surface area contributed by atoms with Crippen molar-refractivity contribution in [2.75, 3.05) is 0 Å². The number of carbonyl (C=O) groups is 1. The summed E-state index contributed by atoms with van der Waals surface area (Å²) in [6, 6.07) is 26.1. The van der Waals surface area contributed by atoms with Crippen LogP contribution in [0, 0.1) is 11.6 Å². The van der Waals surface area contributed by atoms with E-state index in [1.165, 1.54) is 26.9 Å². The van der Waals surface area contributed by atoms with Crippen LogP contribution in [0.3, 0.4) is 0 Å². The summed E-state index contributed by atoms with van der Waals surface area (Å²) in [5.41, 5.74) is 4.21. The molecule has 0 radical (unpaired) electrons. The number of hydrogen-bond acceptors (Lipinski definition) is 6. The van der Waals surface area contributed by atoms with Crippen molar-refractivity contribution in [1.82, 2.24) is 13.5 Å². The fourth-order valence-corrected chi connectivity index (χ4v) is 7.79. The van der Waals surface area contributed by atoms with E-state index in [9.17, 15) is 26.8 Å². The van der Waals surface area contributed by atoms with Crippen LogP contribution in [0.5, 0.6) is 0 Å². The molecule has 49 heavy (non-hydrogen) atoms. The van der Waals surface area contributed by atoms with Crippen LogP contribution in [0.1, 0.15) is 27.9 Å². The van der Waals surface area contributed by atoms with Crippen LogP contribution in [-0.2, 0) is 23.0 Å². The summed E-state index contributed by atoms with van der Waals surface area (Å²) in [4.78, 5) is 31.2. The lowest BCUT2D eigenvalue weighted by atomic mass is 9.98. The Balaban J connectivity index is 1.19. The fraction of sp³-hybridized carbons (Fsp3) is 0.0789. The lowest BCUT2D eigenvalue weighted by molar-refractivity contribution is 0.0980. The van der Waals surface area contributed by atoms with Gasteiger partial charge in [-0.15, -0.1) is 0 Å². The Hall–Kier alpha value is -5.52. The zero-order valence-electron chi connectivity index (χ0n) is 25.8. The molecule has 0 unspecified atom stereocenters. The van der Waals surface area contributed by atoms with E-state index >= 15 is 0 Å². The molecule has 4 heterocycles. The second kappa shape index (κ2) is 13.2. The third-order valence-corrected chi connectivity index (χ3v) is 10.7. The van der Waals surface area contributed by atoms with Crippen LogP contribution in [0.4, 0.5) is 8.78 Å². The van der Waals surface area contributed by atoms with Crippen molar-refractivity contribution in [1.29, 1.82) is 0 Å². The lowest BCUT2D eigenvalue weighted by Crippen LogP contribution is -2.26. The molecule has 0 aliphatic heterocycles. The van der Waals surface area contributed by atoms with Crippen LogP contribution in [-0.4, -0.2) is 27.7 Å². The maximum atomic E-state index is 13.8. The minimum absolute atomic E-state index is 0.00228. The highest BCUT2D eigenvalue weighted by atomic mass is 32.2. The van der Waals surface area contributed by atoms with Crippen molar-refractivity contribution in [2.45, 2.75) is 24.3 Å². The summed E-state index contributed by atoms with van der Waals surface area (Å²) in [7, 11) is -3.97. The summed E-state index contributed by atoms with van der Waals surface area (Å²) in [6.07, 6.45) is 5.12. The summed E-state index contributed by atoms with van der Waals surface area (Å²) >= 11 is 1.55. The Kier molecular flexibility index (Phi) is 8.62. The molecule has 7 nitrogen and oxygen atoms in total. The minimum Gasteiger partial charge on any atom is -0.310 e. The molecule has 7 rings (SSSR count). The molecule has 7 aromatic rings. The van der Waals surface area contributed by atoms with E-state index in [2.05, 4.69) is 4.98 Å². The van der Waals surface area contributed by atoms with Gasteiger partial charge in [0, 0.05) is 41.5 Å². The van der Waals surface area contributed by atoms with Crippen LogP contribution >= 0.6 is 11.3 Å². The number of ketones is 1. The topological polar surface area (TPSA) is 91.0 Å². The molecular formula is C38H27F2N3O4S2. The molecule has 0 atom stereocenters. The summed E-state index contributed by atoms with van der Waals surface area (Å²) < 4.78 is 57.2. The first-order valence-corrected chi connectivity index (χ1v) is 17.7. The van der Waals surface area contributed by atoms with Crippen LogP contribution in [0.25, 0.3) is 33.3 Å². The third kappa shape index (κ3) is 6.38. The SMILES string of the molecule is O=C(CCc1cccc(-c2cn(S(=O)(=O)c3ccccc3)c3ncc(-c4ccsc4)cc23)c1)c1cccn(Cc2ccc(F)c(F)c2)c1=O. The van der Waals surface area contributed by atoms with Gasteiger partial charge in [-0.1, -0.05) is 48.5 Å². The number of pyridine rings is 2. The van der Waals surface area contributed by atoms with Gasteiger partial charge in [-0.2, -0.15) is 11.3 Å². The quantitative estimate of drug-likeness (QED) is 0.136. The number of hydrogen-bond donors (Lipinski definition) is 0. The highest BCUT2D eigenvalue weighted by molar-refractivity contribution is 7.90. The molecular weight excluding hydrogens is 665 g/mol. The number of halogens is 2. The van der Waals surface area contributed by atoms with Crippen molar-refractivity contribution in [3.63, 3.8) is 0 Å². The normalized spacial score (nSPS) is 11.6. The molecule has 0 N–H and O–H groups in total. The van der Waals surface area contributed by atoms with Gasteiger partial charge in [0.15, 0.2) is 23.1 Å². The summed E-state index contributed by atoms with van der Waals surface area (Å²) in [5, 5.41) is 4.62. The van der Waals surface area contributed by atoms with Crippen molar-refractivity contribution >= 4 is 38.2 Å². The zero-order chi connectivity index (χ0) is 34.1. The van der Waals surface area contributed by atoms with Crippen molar-refractivity contribution in [2.24, 2.45) is 0 Å². The summed E-state index contributed by atoms with van der Waals surface area (Å²) in [6.45, 7) is -0.0181. The average Bonchev–Trinajstić information content (AvgIpc) is 3.79. The molecule has 0 amide bonds. The molecule has 0 saturated heterocycles. The number of thiophene rings is 1. The first-order chi connectivity index (χ1) is 23.7. The lowest BCUT2D eigenvalue weighted by Gasteiger charge is -2.09. The van der Waals surface area contributed by atoms with E-state index < -0.39 is 27.2 Å². The molecule has 4 aromatic heterocycles. The molecule has 0 aliphatic carbocycles. The van der Waals surface area contributed by atoms with Crippen LogP contribution < -0.4 is 5.56 Å². The molecule has 3 aromatic carbocycles. The van der Waals surface area contributed by atoms with Gasteiger partial charge in [0.05, 0.1) is 17.0 Å². The van der Waals surface area contributed by atoms with Crippen molar-refractivity contribution in [3.8, 4) is 22.3 Å². The number of aromatic nitrogens is 3. The van der Waals surface area contributed by atoms with Gasteiger partial charge in [-0.3, -0.25) is 9.59 Å². The number of fused-ring (bicyclic) bond motifs is 1. The van der Waals surface area contributed by atoms with Gasteiger partial charge >= 0.3 is 0 Å². The Morgan fingerprint density at radius 1 is 0.816 bits per heavy atom. The van der Waals surface area contributed by atoms with E-state index in [0.717, 1.165) is 34.4 Å². The molecule has 0 bridgehead atoms. The van der Waals surface area contributed by atoms with Gasteiger partial charge in [0.2, 0.25) is 0 Å². The smallest absolute Gasteiger partial charge is 0.269 e. The second-order valence-electron chi connectivity index (χ2n) is 11.5. The van der Waals surface area contributed by atoms with Gasteiger partial charge < -0.3 is 4.57 Å². The maximum absolute atomic E-state index is 13.8. The van der Waals surface area contributed by atoms with Gasteiger partial charge in [-0.05, 0) is 88.0 Å². The summed E-state index contributed by atoms with van der Waals surface area (Å²) in [5.74, 6) is -2.35. The Morgan fingerprint density at radius 2 is 1.65 bits per heavy atom. The maximum Gasteiger partial charge on any atom is 0.269 e. The van der Waals surface area contributed by atoms with Crippen molar-refractivity contribution in [3.05, 3.63) is 165 Å². The number of aryl methyl sites for hydroxylation is 1. The zero-order valence-corrected chi connectivity index (χ0v) is 27.4. The largest absolute Gasteiger partial charge is 0.310 e. The Morgan fingerprint density at radius 3 is 2.43 bits per heavy atom. The minimum atomic E-state index is -3.97. The van der Waals surface area contributed by atoms with E-state index in [1.54, 1.807) is 60.1 Å². The predicted octanol–water partition coefficient (Wildman–Crippen LogP) is 7.97. The van der Waals surface area contributed by atoms with Gasteiger partial charge in [-0.25, -0.2) is 26.2 Å². The molecule has 244 valence electrons. The standard InChI is InChI=1S/C38H27F2N3O4S2/c39-34-13-11-26(19-35(34)40)22-42-16-5-10-31(38(42)45)36(44)14-12-25-6-4-7-27(18-25)33-23-43(49(46,47)30-8-2-1-3-9-30)37-32(33)20-29(21-41-37)28-15-17-48-24-28/h1-11,13,15-21,23-24H,12,14,22H2. The van der Waals surface area contributed by atoms with E-state index in [4.69, 9.17) is 0 Å². The van der Waals surface area contributed by atoms with E-state index in [1.807, 2.05) is 47.2 Å². The number of nitrogens with zero attached hydrogens (tertiary/aromatic N) is 3. The highest BCUT2D eigenvalue weighted by Crippen LogP contribution is 2.35. The van der Waals surface area contributed by atoms with E-state index in [0.29, 0.717) is 28.6 Å². The molecule has 0 spiro atoms. The van der Waals surface area contributed by atoms with Crippen molar-refractivity contribution < 1.29 is 22.0 Å². The third-order valence-electron chi connectivity index (χ3n) is 8.30. The first kappa shape index (κ1) is 32.0. The Labute approximate surface area is 284 Å². The van der Waals surface area contributed by atoms with E-state index in [-0.39, 0.29) is 29.2 Å². The molecule has 0 aliphatic rings. The monoisotopic (exact) mass is 691 g/mol. The molecule has 0 saturated carbocycles. The number of Topliss-reactive ketones (excluding diaryl/α,β-unsaturated/α-hetero) is 1. The molecule has 0 fully saturated rings. The number of carbonyl (C=O) groups excluding carboxylic acids is 1. The average molecular weight is 692 g/mol. The van der Waals surface area contributed by atoms with Gasteiger partial charge in [0.1, 0.15) is 0 Å². The fourth-order valence-electron chi connectivity index (χ4n) is 5.78. The van der Waals surface area contributed by atoms with Crippen LogP contribution in [0.2, 0.25) is 0 Å². The second-order valence-corrected chi connectivity index (χ2v) is 14.1. The van der Waals surface area contributed by atoms with Crippen LogP contribution in [0.15, 0.2) is 136 Å². The highest BCUT2D eigenvalue weighted by Gasteiger charge is 2.23. The molecule has 11 heteroatoms. The predicted molar refractivity (Wildman–Crippen MR) is 186 cm³/mol. The van der Waals surface area contributed by atoms with Gasteiger partial charge in [0.25, 0.3) is 15.6 Å². The first-order valence-electron chi connectivity index (χ1n) is 15.3. The number of benzene rings is 3. The Bertz CT molecular complexity index is 2510.